The van der Waals surface area contributed by atoms with E-state index in [1.807, 2.05) is 46.6 Å². The van der Waals surface area contributed by atoms with Crippen LogP contribution in [0, 0.1) is 0 Å². The Balaban J connectivity index is 2.94. The zero-order chi connectivity index (χ0) is 7.84. The van der Waals surface area contributed by atoms with Crippen LogP contribution in [0.25, 0.3) is 5.65 Å². The molecule has 2 rings (SSSR count). The Morgan fingerprint density at radius 2 is 2.27 bits per heavy atom. The van der Waals surface area contributed by atoms with Crippen LogP contribution in [0.15, 0.2) is 30.6 Å². The van der Waals surface area contributed by atoms with Crippen molar-refractivity contribution in [2.24, 2.45) is 7.05 Å². The molecular formula is C8H8ClN2+. The highest BCUT2D eigenvalue weighted by atomic mass is 35.5. The van der Waals surface area contributed by atoms with Crippen molar-refractivity contribution in [2.75, 3.05) is 0 Å². The third kappa shape index (κ3) is 0.906. The normalized spacial score (nSPS) is 10.7. The highest BCUT2D eigenvalue weighted by molar-refractivity contribution is 6.29. The van der Waals surface area contributed by atoms with Gasteiger partial charge in [0.25, 0.3) is 5.65 Å². The van der Waals surface area contributed by atoms with Crippen molar-refractivity contribution in [3.8, 4) is 0 Å². The maximum absolute atomic E-state index is 5.92. The zero-order valence-corrected chi connectivity index (χ0v) is 6.92. The first kappa shape index (κ1) is 6.68. The number of hydrogen-bond donors (Lipinski definition) is 0. The van der Waals surface area contributed by atoms with Crippen LogP contribution in [0.1, 0.15) is 0 Å². The van der Waals surface area contributed by atoms with Gasteiger partial charge >= 0.3 is 0 Å². The molecule has 2 aromatic rings. The van der Waals surface area contributed by atoms with E-state index in [-0.39, 0.29) is 0 Å². The average molecular weight is 168 g/mol. The van der Waals surface area contributed by atoms with E-state index in [4.69, 9.17) is 11.6 Å². The molecule has 0 N–H and O–H groups in total. The van der Waals surface area contributed by atoms with E-state index in [1.165, 1.54) is 0 Å². The van der Waals surface area contributed by atoms with Gasteiger partial charge < -0.3 is 0 Å². The summed E-state index contributed by atoms with van der Waals surface area (Å²) in [5.74, 6) is 0. The minimum atomic E-state index is 0.739. The van der Waals surface area contributed by atoms with Gasteiger partial charge in [0, 0.05) is 6.07 Å². The summed E-state index contributed by atoms with van der Waals surface area (Å²) in [5, 5.41) is 0.739. The molecular weight excluding hydrogens is 160 g/mol. The number of hydrogen-bond acceptors (Lipinski definition) is 0. The fourth-order valence-electron chi connectivity index (χ4n) is 1.16. The first-order valence-corrected chi connectivity index (χ1v) is 3.78. The van der Waals surface area contributed by atoms with Gasteiger partial charge in [0.05, 0.1) is 7.05 Å². The Kier molecular flexibility index (Phi) is 1.36. The molecule has 0 spiro atoms. The highest BCUT2D eigenvalue weighted by Gasteiger charge is 2.06. The smallest absolute Gasteiger partial charge is 0.233 e. The van der Waals surface area contributed by atoms with E-state index < -0.39 is 0 Å². The summed E-state index contributed by atoms with van der Waals surface area (Å²) < 4.78 is 3.95. The molecule has 0 unspecified atom stereocenters. The lowest BCUT2D eigenvalue weighted by atomic mass is 10.5. The molecule has 0 aliphatic heterocycles. The summed E-state index contributed by atoms with van der Waals surface area (Å²) >= 11 is 5.92. The van der Waals surface area contributed by atoms with Crippen LogP contribution in [0.2, 0.25) is 5.15 Å². The molecule has 3 heteroatoms. The zero-order valence-electron chi connectivity index (χ0n) is 6.16. The molecule has 0 aliphatic carbocycles. The van der Waals surface area contributed by atoms with Crippen LogP contribution in [-0.2, 0) is 7.05 Å². The first-order valence-electron chi connectivity index (χ1n) is 3.40. The van der Waals surface area contributed by atoms with Gasteiger partial charge in [-0.15, -0.1) is 0 Å². The van der Waals surface area contributed by atoms with Crippen molar-refractivity contribution in [1.82, 2.24) is 4.40 Å². The lowest BCUT2D eigenvalue weighted by Crippen LogP contribution is -2.25. The minimum Gasteiger partial charge on any atom is -0.233 e. The lowest BCUT2D eigenvalue weighted by molar-refractivity contribution is -0.644. The predicted molar refractivity (Wildman–Crippen MR) is 43.6 cm³/mol. The van der Waals surface area contributed by atoms with Crippen molar-refractivity contribution in [3.63, 3.8) is 0 Å². The van der Waals surface area contributed by atoms with E-state index in [0.717, 1.165) is 10.8 Å². The van der Waals surface area contributed by atoms with E-state index in [1.54, 1.807) is 0 Å². The fourth-order valence-corrected chi connectivity index (χ4v) is 1.38. The standard InChI is InChI=1S/C8H8ClN2/c1-10-5-6-11-7(9)3-2-4-8(10)11/h2-6H,1H3/q+1. The maximum Gasteiger partial charge on any atom is 0.287 e. The van der Waals surface area contributed by atoms with Gasteiger partial charge in [-0.3, -0.25) is 0 Å². The molecule has 2 heterocycles. The van der Waals surface area contributed by atoms with Crippen LogP contribution in [0.4, 0.5) is 0 Å². The van der Waals surface area contributed by atoms with Crippen LogP contribution in [0.3, 0.4) is 0 Å². The molecule has 2 aromatic heterocycles. The number of halogens is 1. The van der Waals surface area contributed by atoms with Gasteiger partial charge in [0.2, 0.25) is 0 Å². The fraction of sp³-hybridized carbons (Fsp3) is 0.125. The van der Waals surface area contributed by atoms with E-state index in [0.29, 0.717) is 0 Å². The molecule has 0 saturated heterocycles. The second kappa shape index (κ2) is 2.24. The van der Waals surface area contributed by atoms with Gasteiger partial charge in [0.15, 0.2) is 5.15 Å². The Labute approximate surface area is 69.6 Å². The number of nitrogens with zero attached hydrogens (tertiary/aromatic N) is 2. The molecule has 56 valence electrons. The third-order valence-electron chi connectivity index (χ3n) is 1.76. The molecule has 0 atom stereocenters. The SMILES string of the molecule is C[n+]1ccn2c(Cl)cccc21. The maximum atomic E-state index is 5.92. The summed E-state index contributed by atoms with van der Waals surface area (Å²) in [4.78, 5) is 0. The van der Waals surface area contributed by atoms with Crippen LogP contribution >= 0.6 is 11.6 Å². The summed E-state index contributed by atoms with van der Waals surface area (Å²) in [5.41, 5.74) is 1.09. The summed E-state index contributed by atoms with van der Waals surface area (Å²) in [6, 6.07) is 5.83. The highest BCUT2D eigenvalue weighted by Crippen LogP contribution is 2.08. The lowest BCUT2D eigenvalue weighted by Gasteiger charge is -1.88. The molecule has 0 aromatic carbocycles. The Morgan fingerprint density at radius 3 is 3.00 bits per heavy atom. The van der Waals surface area contributed by atoms with Crippen molar-refractivity contribution in [1.29, 1.82) is 0 Å². The number of aryl methyl sites for hydroxylation is 1. The Bertz CT molecular complexity index is 392. The topological polar surface area (TPSA) is 8.29 Å². The van der Waals surface area contributed by atoms with E-state index in [9.17, 15) is 0 Å². The van der Waals surface area contributed by atoms with Gasteiger partial charge in [-0.05, 0) is 23.7 Å². The Hall–Kier alpha value is -1.02. The largest absolute Gasteiger partial charge is 0.287 e. The summed E-state index contributed by atoms with van der Waals surface area (Å²) in [6.45, 7) is 0. The van der Waals surface area contributed by atoms with E-state index >= 15 is 0 Å². The molecule has 0 radical (unpaired) electrons. The number of fused-ring (bicyclic) bond motifs is 1. The molecule has 11 heavy (non-hydrogen) atoms. The number of imidazole rings is 1. The summed E-state index contributed by atoms with van der Waals surface area (Å²) in [7, 11) is 1.99. The molecule has 0 amide bonds. The minimum absolute atomic E-state index is 0.739. The predicted octanol–water partition coefficient (Wildman–Crippen LogP) is 1.42. The average Bonchev–Trinajstić information content (AvgIpc) is 2.35. The van der Waals surface area contributed by atoms with Gasteiger partial charge in [-0.25, -0.2) is 4.57 Å². The summed E-state index contributed by atoms with van der Waals surface area (Å²) in [6.07, 6.45) is 3.92. The van der Waals surface area contributed by atoms with Crippen molar-refractivity contribution < 1.29 is 4.57 Å². The first-order chi connectivity index (χ1) is 5.29. The second-order valence-corrected chi connectivity index (χ2v) is 2.87. The number of rotatable bonds is 0. The number of pyridine rings is 1. The quantitative estimate of drug-likeness (QED) is 0.414. The Morgan fingerprint density at radius 1 is 1.45 bits per heavy atom. The number of aromatic nitrogens is 2. The van der Waals surface area contributed by atoms with E-state index in [2.05, 4.69) is 0 Å². The van der Waals surface area contributed by atoms with Crippen molar-refractivity contribution >= 4 is 17.2 Å². The second-order valence-electron chi connectivity index (χ2n) is 2.49. The molecule has 0 fully saturated rings. The molecule has 2 nitrogen and oxygen atoms in total. The molecule has 0 bridgehead atoms. The van der Waals surface area contributed by atoms with Gasteiger partial charge in [-0.2, -0.15) is 4.40 Å². The van der Waals surface area contributed by atoms with Crippen LogP contribution < -0.4 is 4.57 Å². The van der Waals surface area contributed by atoms with Crippen LogP contribution in [0.5, 0.6) is 0 Å². The van der Waals surface area contributed by atoms with Crippen molar-refractivity contribution in [3.05, 3.63) is 35.7 Å². The van der Waals surface area contributed by atoms with Crippen molar-refractivity contribution in [2.45, 2.75) is 0 Å². The van der Waals surface area contributed by atoms with Crippen LogP contribution in [-0.4, -0.2) is 4.40 Å². The third-order valence-corrected chi connectivity index (χ3v) is 2.06. The molecule has 0 saturated carbocycles. The monoisotopic (exact) mass is 167 g/mol. The van der Waals surface area contributed by atoms with Gasteiger partial charge in [-0.1, -0.05) is 0 Å². The molecule has 0 aliphatic rings. The van der Waals surface area contributed by atoms with Gasteiger partial charge in [0.1, 0.15) is 12.4 Å².